The van der Waals surface area contributed by atoms with Crippen LogP contribution in [-0.2, 0) is 6.61 Å². The SMILES string of the molecule is C=C(CNCCC)COc1cccc(CO)c1. The first-order valence-electron chi connectivity index (χ1n) is 5.96. The van der Waals surface area contributed by atoms with E-state index in [2.05, 4.69) is 18.8 Å². The Bertz CT molecular complexity index is 350. The lowest BCUT2D eigenvalue weighted by molar-refractivity contribution is 0.280. The Hall–Kier alpha value is -1.32. The number of nitrogens with one attached hydrogen (secondary N) is 1. The van der Waals surface area contributed by atoms with Gasteiger partial charge in [0.1, 0.15) is 12.4 Å². The molecule has 0 radical (unpaired) electrons. The number of benzene rings is 1. The minimum atomic E-state index is 0.0379. The average Bonchev–Trinajstić information content (AvgIpc) is 2.37. The van der Waals surface area contributed by atoms with E-state index in [0.717, 1.165) is 36.4 Å². The molecule has 0 bridgehead atoms. The van der Waals surface area contributed by atoms with Gasteiger partial charge in [0, 0.05) is 6.54 Å². The molecule has 17 heavy (non-hydrogen) atoms. The van der Waals surface area contributed by atoms with E-state index in [1.165, 1.54) is 0 Å². The molecule has 0 unspecified atom stereocenters. The summed E-state index contributed by atoms with van der Waals surface area (Å²) in [5.74, 6) is 0.771. The maximum Gasteiger partial charge on any atom is 0.120 e. The molecule has 94 valence electrons. The van der Waals surface area contributed by atoms with E-state index in [1.54, 1.807) is 0 Å². The zero-order valence-corrected chi connectivity index (χ0v) is 10.4. The second-order valence-electron chi connectivity index (χ2n) is 4.02. The van der Waals surface area contributed by atoms with Crippen molar-refractivity contribution >= 4 is 0 Å². The first-order chi connectivity index (χ1) is 8.26. The fourth-order valence-electron chi connectivity index (χ4n) is 1.41. The van der Waals surface area contributed by atoms with Gasteiger partial charge >= 0.3 is 0 Å². The Morgan fingerprint density at radius 3 is 3.00 bits per heavy atom. The topological polar surface area (TPSA) is 41.5 Å². The number of hydrogen-bond donors (Lipinski definition) is 2. The van der Waals surface area contributed by atoms with Crippen LogP contribution in [0.1, 0.15) is 18.9 Å². The standard InChI is InChI=1S/C14H21NO2/c1-3-7-15-9-12(2)11-17-14-6-4-5-13(8-14)10-16/h4-6,8,15-16H,2-3,7,9-11H2,1H3. The van der Waals surface area contributed by atoms with E-state index in [1.807, 2.05) is 24.3 Å². The van der Waals surface area contributed by atoms with Crippen molar-refractivity contribution < 1.29 is 9.84 Å². The van der Waals surface area contributed by atoms with Crippen LogP contribution in [-0.4, -0.2) is 24.8 Å². The Morgan fingerprint density at radius 1 is 1.47 bits per heavy atom. The second-order valence-corrected chi connectivity index (χ2v) is 4.02. The maximum absolute atomic E-state index is 9.00. The third-order valence-corrected chi connectivity index (χ3v) is 2.33. The van der Waals surface area contributed by atoms with Crippen molar-refractivity contribution in [2.24, 2.45) is 0 Å². The fourth-order valence-corrected chi connectivity index (χ4v) is 1.41. The Labute approximate surface area is 103 Å². The van der Waals surface area contributed by atoms with Crippen molar-refractivity contribution in [3.05, 3.63) is 42.0 Å². The van der Waals surface area contributed by atoms with Gasteiger partial charge in [-0.05, 0) is 36.2 Å². The third kappa shape index (κ3) is 5.52. The van der Waals surface area contributed by atoms with Crippen molar-refractivity contribution in [2.75, 3.05) is 19.7 Å². The van der Waals surface area contributed by atoms with Crippen LogP contribution in [0.25, 0.3) is 0 Å². The second kappa shape index (κ2) is 7.87. The van der Waals surface area contributed by atoms with Crippen LogP contribution in [0.2, 0.25) is 0 Å². The Balaban J connectivity index is 2.31. The lowest BCUT2D eigenvalue weighted by Crippen LogP contribution is -2.20. The molecule has 3 nitrogen and oxygen atoms in total. The van der Waals surface area contributed by atoms with Crippen LogP contribution in [0.15, 0.2) is 36.4 Å². The van der Waals surface area contributed by atoms with Gasteiger partial charge in [0.15, 0.2) is 0 Å². The molecule has 0 heterocycles. The van der Waals surface area contributed by atoms with E-state index in [4.69, 9.17) is 9.84 Å². The van der Waals surface area contributed by atoms with Crippen LogP contribution in [0.3, 0.4) is 0 Å². The van der Waals surface area contributed by atoms with Crippen LogP contribution >= 0.6 is 0 Å². The molecule has 0 aromatic heterocycles. The fraction of sp³-hybridized carbons (Fsp3) is 0.429. The van der Waals surface area contributed by atoms with Gasteiger partial charge < -0.3 is 15.2 Å². The largest absolute Gasteiger partial charge is 0.489 e. The number of hydrogen-bond acceptors (Lipinski definition) is 3. The molecule has 0 fully saturated rings. The molecule has 2 N–H and O–H groups in total. The quantitative estimate of drug-likeness (QED) is 0.535. The summed E-state index contributed by atoms with van der Waals surface area (Å²) in [5.41, 5.74) is 1.88. The van der Waals surface area contributed by atoms with Crippen LogP contribution in [0.5, 0.6) is 5.75 Å². The van der Waals surface area contributed by atoms with E-state index in [0.29, 0.717) is 6.61 Å². The monoisotopic (exact) mass is 235 g/mol. The highest BCUT2D eigenvalue weighted by atomic mass is 16.5. The van der Waals surface area contributed by atoms with Gasteiger partial charge in [-0.15, -0.1) is 0 Å². The molecule has 1 aromatic rings. The molecule has 0 atom stereocenters. The highest BCUT2D eigenvalue weighted by molar-refractivity contribution is 5.28. The van der Waals surface area contributed by atoms with E-state index in [9.17, 15) is 0 Å². The average molecular weight is 235 g/mol. The number of aliphatic hydroxyl groups is 1. The zero-order chi connectivity index (χ0) is 12.5. The molecule has 0 aliphatic carbocycles. The van der Waals surface area contributed by atoms with Crippen molar-refractivity contribution in [1.29, 1.82) is 0 Å². The van der Waals surface area contributed by atoms with Gasteiger partial charge in [0.25, 0.3) is 0 Å². The number of ether oxygens (including phenoxy) is 1. The molecule has 1 aromatic carbocycles. The lowest BCUT2D eigenvalue weighted by Gasteiger charge is -2.10. The summed E-state index contributed by atoms with van der Waals surface area (Å²) in [6, 6.07) is 7.46. The van der Waals surface area contributed by atoms with Crippen LogP contribution < -0.4 is 10.1 Å². The van der Waals surface area contributed by atoms with Gasteiger partial charge in [0.2, 0.25) is 0 Å². The summed E-state index contributed by atoms with van der Waals surface area (Å²) in [4.78, 5) is 0. The van der Waals surface area contributed by atoms with Crippen molar-refractivity contribution in [3.8, 4) is 5.75 Å². The lowest BCUT2D eigenvalue weighted by atomic mass is 10.2. The molecular weight excluding hydrogens is 214 g/mol. The molecule has 1 rings (SSSR count). The molecule has 0 amide bonds. The number of rotatable bonds is 8. The van der Waals surface area contributed by atoms with E-state index >= 15 is 0 Å². The van der Waals surface area contributed by atoms with Crippen molar-refractivity contribution in [3.63, 3.8) is 0 Å². The van der Waals surface area contributed by atoms with E-state index < -0.39 is 0 Å². The molecule has 3 heteroatoms. The van der Waals surface area contributed by atoms with E-state index in [-0.39, 0.29) is 6.61 Å². The van der Waals surface area contributed by atoms with Crippen LogP contribution in [0.4, 0.5) is 0 Å². The summed E-state index contributed by atoms with van der Waals surface area (Å²) >= 11 is 0. The molecule has 0 spiro atoms. The van der Waals surface area contributed by atoms with Gasteiger partial charge in [0.05, 0.1) is 6.61 Å². The van der Waals surface area contributed by atoms with Gasteiger partial charge in [-0.1, -0.05) is 25.6 Å². The van der Waals surface area contributed by atoms with Gasteiger partial charge in [-0.25, -0.2) is 0 Å². The molecule has 0 aliphatic rings. The summed E-state index contributed by atoms with van der Waals surface area (Å²) in [6.07, 6.45) is 1.12. The van der Waals surface area contributed by atoms with Crippen LogP contribution in [0, 0.1) is 0 Å². The summed E-state index contributed by atoms with van der Waals surface area (Å²) in [7, 11) is 0. The molecule has 0 saturated carbocycles. The third-order valence-electron chi connectivity index (χ3n) is 2.33. The first-order valence-corrected chi connectivity index (χ1v) is 5.96. The van der Waals surface area contributed by atoms with Crippen molar-refractivity contribution in [2.45, 2.75) is 20.0 Å². The normalized spacial score (nSPS) is 10.2. The predicted octanol–water partition coefficient (Wildman–Crippen LogP) is 2.11. The molecule has 0 aliphatic heterocycles. The smallest absolute Gasteiger partial charge is 0.120 e. The van der Waals surface area contributed by atoms with Gasteiger partial charge in [-0.2, -0.15) is 0 Å². The molecule has 0 saturated heterocycles. The summed E-state index contributed by atoms with van der Waals surface area (Å²) in [5, 5.41) is 12.3. The molecular formula is C14H21NO2. The predicted molar refractivity (Wildman–Crippen MR) is 70.2 cm³/mol. The highest BCUT2D eigenvalue weighted by Crippen LogP contribution is 2.13. The zero-order valence-electron chi connectivity index (χ0n) is 10.4. The Kier molecular flexibility index (Phi) is 6.37. The highest BCUT2D eigenvalue weighted by Gasteiger charge is 1.98. The summed E-state index contributed by atoms with van der Waals surface area (Å²) in [6.45, 7) is 8.41. The summed E-state index contributed by atoms with van der Waals surface area (Å²) < 4.78 is 5.59. The minimum absolute atomic E-state index is 0.0379. The van der Waals surface area contributed by atoms with Crippen molar-refractivity contribution in [1.82, 2.24) is 5.32 Å². The first kappa shape index (κ1) is 13.7. The van der Waals surface area contributed by atoms with Gasteiger partial charge in [-0.3, -0.25) is 0 Å². The number of aliphatic hydroxyl groups excluding tert-OH is 1. The maximum atomic E-state index is 9.00. The minimum Gasteiger partial charge on any atom is -0.489 e. The Morgan fingerprint density at radius 2 is 2.29 bits per heavy atom.